The molecule has 3 rings (SSSR count). The Hall–Kier alpha value is -2.35. The third-order valence-corrected chi connectivity index (χ3v) is 5.72. The first-order chi connectivity index (χ1) is 14.7. The van der Waals surface area contributed by atoms with Crippen LogP contribution < -0.4 is 10.2 Å². The van der Waals surface area contributed by atoms with Crippen molar-refractivity contribution in [3.63, 3.8) is 0 Å². The van der Waals surface area contributed by atoms with Gasteiger partial charge in [0.05, 0.1) is 17.2 Å². The summed E-state index contributed by atoms with van der Waals surface area (Å²) in [6, 6.07) is 5.01. The Balaban J connectivity index is 2.04. The molecule has 0 amide bonds. The van der Waals surface area contributed by atoms with E-state index in [1.807, 2.05) is 6.07 Å². The van der Waals surface area contributed by atoms with Crippen molar-refractivity contribution in [1.29, 1.82) is 0 Å². The Kier molecular flexibility index (Phi) is 7.41. The molecule has 0 aliphatic carbocycles. The number of ether oxygens (including phenoxy) is 3. The number of hydrogen-bond donors (Lipinski definition) is 2. The third kappa shape index (κ3) is 5.67. The van der Waals surface area contributed by atoms with E-state index in [0.717, 1.165) is 30.4 Å². The van der Waals surface area contributed by atoms with Crippen molar-refractivity contribution in [2.45, 2.75) is 44.6 Å². The van der Waals surface area contributed by atoms with E-state index in [9.17, 15) is 9.59 Å². The van der Waals surface area contributed by atoms with Crippen LogP contribution in [-0.2, 0) is 9.47 Å². The first kappa shape index (κ1) is 23.3. The smallest absolute Gasteiger partial charge is 0.341 e. The van der Waals surface area contributed by atoms with Crippen molar-refractivity contribution < 1.29 is 24.1 Å². The van der Waals surface area contributed by atoms with Crippen LogP contribution in [0.1, 0.15) is 54.9 Å². The van der Waals surface area contributed by atoms with Crippen LogP contribution in [0.5, 0.6) is 5.75 Å². The standard InChI is InChI=1S/C23H28ClNO6/c1-23(2)12-14(5-8-31-23)15-10-21(30-7-4-6-29-3)18(24)9-16(15)19-11-20(26)17(13-25-19)22(27)28/h9-11,13-14H,4-8,12H2,1-3H3,(H,25,26)(H,27,28)/t14-/m0/s1. The van der Waals surface area contributed by atoms with Crippen molar-refractivity contribution in [3.05, 3.63) is 50.8 Å². The summed E-state index contributed by atoms with van der Waals surface area (Å²) in [5.74, 6) is -0.526. The van der Waals surface area contributed by atoms with E-state index in [1.165, 1.54) is 12.3 Å². The minimum Gasteiger partial charge on any atom is -0.492 e. The highest BCUT2D eigenvalue weighted by Gasteiger charge is 2.32. The van der Waals surface area contributed by atoms with E-state index < -0.39 is 11.4 Å². The maximum Gasteiger partial charge on any atom is 0.341 e. The van der Waals surface area contributed by atoms with Crippen LogP contribution in [0, 0.1) is 0 Å². The second-order valence-corrected chi connectivity index (χ2v) is 8.70. The maximum atomic E-state index is 12.3. The van der Waals surface area contributed by atoms with Gasteiger partial charge in [0.25, 0.3) is 0 Å². The van der Waals surface area contributed by atoms with E-state index >= 15 is 0 Å². The number of benzene rings is 1. The number of carboxylic acid groups (broad SMARTS) is 1. The number of methoxy groups -OCH3 is 1. The highest BCUT2D eigenvalue weighted by Crippen LogP contribution is 2.43. The molecule has 0 bridgehead atoms. The number of halogens is 1. The lowest BCUT2D eigenvalue weighted by Crippen LogP contribution is -2.33. The highest BCUT2D eigenvalue weighted by atomic mass is 35.5. The van der Waals surface area contributed by atoms with Gasteiger partial charge in [-0.05, 0) is 50.3 Å². The summed E-state index contributed by atoms with van der Waals surface area (Å²) in [4.78, 5) is 26.5. The molecule has 1 aromatic heterocycles. The predicted octanol–water partition coefficient (Wildman–Crippen LogP) is 4.48. The molecule has 1 saturated heterocycles. The number of pyridine rings is 1. The lowest BCUT2D eigenvalue weighted by Gasteiger charge is -2.36. The summed E-state index contributed by atoms with van der Waals surface area (Å²) in [6.07, 6.45) is 3.57. The van der Waals surface area contributed by atoms with E-state index in [4.69, 9.17) is 30.9 Å². The minimum atomic E-state index is -1.27. The zero-order chi connectivity index (χ0) is 22.6. The molecular weight excluding hydrogens is 422 g/mol. The molecule has 2 N–H and O–H groups in total. The van der Waals surface area contributed by atoms with Crippen LogP contribution in [0.3, 0.4) is 0 Å². The van der Waals surface area contributed by atoms with Gasteiger partial charge in [-0.3, -0.25) is 4.79 Å². The first-order valence-electron chi connectivity index (χ1n) is 10.3. The molecule has 1 aliphatic rings. The molecule has 2 aromatic rings. The summed E-state index contributed by atoms with van der Waals surface area (Å²) >= 11 is 6.51. The zero-order valence-electron chi connectivity index (χ0n) is 18.0. The molecule has 1 fully saturated rings. The van der Waals surface area contributed by atoms with Gasteiger partial charge >= 0.3 is 5.97 Å². The number of carboxylic acids is 1. The molecule has 1 aliphatic heterocycles. The molecule has 0 radical (unpaired) electrons. The average molecular weight is 450 g/mol. The largest absolute Gasteiger partial charge is 0.492 e. The number of aromatic carboxylic acids is 1. The number of aromatic amines is 1. The van der Waals surface area contributed by atoms with Gasteiger partial charge in [-0.2, -0.15) is 0 Å². The Morgan fingerprint density at radius 1 is 1.32 bits per heavy atom. The topological polar surface area (TPSA) is 97.8 Å². The quantitative estimate of drug-likeness (QED) is 0.576. The van der Waals surface area contributed by atoms with Crippen LogP contribution in [0.4, 0.5) is 0 Å². The van der Waals surface area contributed by atoms with Gasteiger partial charge in [-0.15, -0.1) is 0 Å². The van der Waals surface area contributed by atoms with Crippen molar-refractivity contribution >= 4 is 17.6 Å². The molecule has 7 nitrogen and oxygen atoms in total. The second-order valence-electron chi connectivity index (χ2n) is 8.29. The summed E-state index contributed by atoms with van der Waals surface area (Å²) in [5.41, 5.74) is 1.12. The number of rotatable bonds is 8. The van der Waals surface area contributed by atoms with Gasteiger partial charge in [-0.25, -0.2) is 4.79 Å². The molecule has 1 aromatic carbocycles. The van der Waals surface area contributed by atoms with E-state index in [-0.39, 0.29) is 17.1 Å². The van der Waals surface area contributed by atoms with Gasteiger partial charge in [0, 0.05) is 50.3 Å². The van der Waals surface area contributed by atoms with Crippen molar-refractivity contribution in [3.8, 4) is 17.0 Å². The molecule has 0 unspecified atom stereocenters. The highest BCUT2D eigenvalue weighted by molar-refractivity contribution is 6.32. The second kappa shape index (κ2) is 9.85. The van der Waals surface area contributed by atoms with Crippen molar-refractivity contribution in [2.24, 2.45) is 0 Å². The minimum absolute atomic E-state index is 0.167. The fourth-order valence-electron chi connectivity index (χ4n) is 3.93. The summed E-state index contributed by atoms with van der Waals surface area (Å²) in [5, 5.41) is 9.59. The average Bonchev–Trinajstić information content (AvgIpc) is 2.70. The lowest BCUT2D eigenvalue weighted by molar-refractivity contribution is -0.0592. The SMILES string of the molecule is COCCCOc1cc([C@H]2CCOC(C)(C)C2)c(-c2cc(=O)c(C(=O)O)c[nH]2)cc1Cl. The molecule has 168 valence electrons. The van der Waals surface area contributed by atoms with Gasteiger partial charge in [0.15, 0.2) is 5.43 Å². The monoisotopic (exact) mass is 449 g/mol. The van der Waals surface area contributed by atoms with Crippen LogP contribution in [0.2, 0.25) is 5.02 Å². The van der Waals surface area contributed by atoms with E-state index in [0.29, 0.717) is 36.3 Å². The fourth-order valence-corrected chi connectivity index (χ4v) is 4.15. The fraction of sp³-hybridized carbons (Fsp3) is 0.478. The molecule has 31 heavy (non-hydrogen) atoms. The molecule has 1 atom stereocenters. The number of carbonyl (C=O) groups is 1. The van der Waals surface area contributed by atoms with Crippen LogP contribution in [-0.4, -0.2) is 48.6 Å². The van der Waals surface area contributed by atoms with Gasteiger partial charge in [-0.1, -0.05) is 11.6 Å². The number of aromatic nitrogens is 1. The zero-order valence-corrected chi connectivity index (χ0v) is 18.8. The predicted molar refractivity (Wildman–Crippen MR) is 118 cm³/mol. The molecule has 0 spiro atoms. The van der Waals surface area contributed by atoms with E-state index in [1.54, 1.807) is 13.2 Å². The number of nitrogens with one attached hydrogen (secondary N) is 1. The number of hydrogen-bond acceptors (Lipinski definition) is 5. The molecule has 0 saturated carbocycles. The van der Waals surface area contributed by atoms with Gasteiger partial charge in [0.1, 0.15) is 11.3 Å². The summed E-state index contributed by atoms with van der Waals surface area (Å²) in [6.45, 7) is 5.79. The molecule has 8 heteroatoms. The first-order valence-corrected chi connectivity index (χ1v) is 10.6. The lowest BCUT2D eigenvalue weighted by atomic mass is 9.81. The van der Waals surface area contributed by atoms with E-state index in [2.05, 4.69) is 18.8 Å². The maximum absolute atomic E-state index is 12.3. The number of H-pyrrole nitrogens is 1. The Morgan fingerprint density at radius 3 is 2.74 bits per heavy atom. The molecule has 2 heterocycles. The van der Waals surface area contributed by atoms with Gasteiger partial charge in [0.2, 0.25) is 0 Å². The summed E-state index contributed by atoms with van der Waals surface area (Å²) < 4.78 is 16.8. The van der Waals surface area contributed by atoms with Crippen molar-refractivity contribution in [2.75, 3.05) is 26.9 Å². The van der Waals surface area contributed by atoms with Crippen molar-refractivity contribution in [1.82, 2.24) is 4.98 Å². The van der Waals surface area contributed by atoms with Crippen LogP contribution >= 0.6 is 11.6 Å². The Bertz CT molecular complexity index is 1000. The Labute approximate surface area is 186 Å². The van der Waals surface area contributed by atoms with Crippen LogP contribution in [0.25, 0.3) is 11.3 Å². The normalized spacial score (nSPS) is 18.0. The molecular formula is C23H28ClNO6. The third-order valence-electron chi connectivity index (χ3n) is 5.42. The van der Waals surface area contributed by atoms with Crippen LogP contribution in [0.15, 0.2) is 29.2 Å². The summed E-state index contributed by atoms with van der Waals surface area (Å²) in [7, 11) is 1.64. The Morgan fingerprint density at radius 2 is 2.10 bits per heavy atom. The van der Waals surface area contributed by atoms with Gasteiger partial charge < -0.3 is 24.3 Å².